The summed E-state index contributed by atoms with van der Waals surface area (Å²) >= 11 is 5.63. The van der Waals surface area contributed by atoms with Crippen LogP contribution in [-0.4, -0.2) is 16.5 Å². The van der Waals surface area contributed by atoms with Gasteiger partial charge in [-0.25, -0.2) is 0 Å². The number of halogens is 4. The molecule has 4 bridgehead atoms. The average Bonchev–Trinajstić information content (AvgIpc) is 2.53. The summed E-state index contributed by atoms with van der Waals surface area (Å²) in [5.74, 6) is 2.00. The van der Waals surface area contributed by atoms with Crippen LogP contribution in [0.15, 0.2) is 17.1 Å². The lowest BCUT2D eigenvalue weighted by atomic mass is 9.54. The molecule has 0 spiro atoms. The molecule has 1 aromatic rings. The zero-order valence-corrected chi connectivity index (χ0v) is 14.8. The fourth-order valence-electron chi connectivity index (χ4n) is 5.42. The number of carbonyl (C=O) groups is 1. The standard InChI is InChI=1S/C18H20ClF3N2O2/c19-14-6-13(18(20,21)22)7-24(17(14)26)8-15(25)23-16-11-2-9-1-10(4-11)5-12(16)3-9/h6-7,9-12,16H,1-5,8H2,(H,23,25). The Bertz CT molecular complexity index is 762. The Hall–Kier alpha value is -1.50. The minimum absolute atomic E-state index is 0.0762. The lowest BCUT2D eigenvalue weighted by Gasteiger charge is -2.54. The molecule has 4 fully saturated rings. The fourth-order valence-corrected chi connectivity index (χ4v) is 5.64. The van der Waals surface area contributed by atoms with Crippen molar-refractivity contribution in [2.45, 2.75) is 50.9 Å². The van der Waals surface area contributed by atoms with Crippen molar-refractivity contribution in [2.75, 3.05) is 0 Å². The summed E-state index contributed by atoms with van der Waals surface area (Å²) < 4.78 is 39.5. The number of hydrogen-bond acceptors (Lipinski definition) is 2. The van der Waals surface area contributed by atoms with Crippen LogP contribution in [0.1, 0.15) is 37.7 Å². The summed E-state index contributed by atoms with van der Waals surface area (Å²) in [6.07, 6.45) is 1.80. The van der Waals surface area contributed by atoms with Crippen LogP contribution < -0.4 is 10.9 Å². The molecule has 1 amide bonds. The molecular formula is C18H20ClF3N2O2. The highest BCUT2D eigenvalue weighted by molar-refractivity contribution is 6.30. The van der Waals surface area contributed by atoms with Crippen LogP contribution in [0.5, 0.6) is 0 Å². The molecule has 1 heterocycles. The summed E-state index contributed by atoms with van der Waals surface area (Å²) in [6.45, 7) is -0.453. The van der Waals surface area contributed by atoms with Crippen molar-refractivity contribution in [1.82, 2.24) is 9.88 Å². The number of alkyl halides is 3. The van der Waals surface area contributed by atoms with Crippen LogP contribution in [0.2, 0.25) is 5.02 Å². The van der Waals surface area contributed by atoms with E-state index in [0.717, 1.165) is 42.1 Å². The Balaban J connectivity index is 1.49. The first kappa shape index (κ1) is 17.9. The fraction of sp³-hybridized carbons (Fsp3) is 0.667. The molecule has 4 nitrogen and oxygen atoms in total. The van der Waals surface area contributed by atoms with Crippen LogP contribution in [0, 0.1) is 23.7 Å². The van der Waals surface area contributed by atoms with Gasteiger partial charge in [-0.2, -0.15) is 13.2 Å². The molecule has 0 aliphatic heterocycles. The first-order valence-electron chi connectivity index (χ1n) is 8.97. The highest BCUT2D eigenvalue weighted by Gasteiger charge is 2.48. The summed E-state index contributed by atoms with van der Waals surface area (Å²) in [5, 5.41) is 2.45. The van der Waals surface area contributed by atoms with Gasteiger partial charge in [0.2, 0.25) is 5.91 Å². The SMILES string of the molecule is O=C(Cn1cc(C(F)(F)F)cc(Cl)c1=O)NC1C2CC3CC(C2)CC1C3. The lowest BCUT2D eigenvalue weighted by molar-refractivity contribution is -0.138. The minimum Gasteiger partial charge on any atom is -0.351 e. The maximum Gasteiger partial charge on any atom is 0.417 e. The maximum atomic E-state index is 12.9. The average molecular weight is 389 g/mol. The van der Waals surface area contributed by atoms with Crippen molar-refractivity contribution < 1.29 is 18.0 Å². The Labute approximate surface area is 153 Å². The Morgan fingerprint density at radius 3 is 2.27 bits per heavy atom. The zero-order chi connectivity index (χ0) is 18.6. The number of nitrogens with zero attached hydrogens (tertiary/aromatic N) is 1. The first-order chi connectivity index (χ1) is 12.2. The Morgan fingerprint density at radius 2 is 1.73 bits per heavy atom. The quantitative estimate of drug-likeness (QED) is 0.862. The number of rotatable bonds is 3. The normalized spacial score (nSPS) is 32.7. The topological polar surface area (TPSA) is 51.1 Å². The molecule has 4 saturated carbocycles. The van der Waals surface area contributed by atoms with Gasteiger partial charge in [0, 0.05) is 12.2 Å². The van der Waals surface area contributed by atoms with Gasteiger partial charge in [-0.3, -0.25) is 9.59 Å². The highest BCUT2D eigenvalue weighted by atomic mass is 35.5. The third-order valence-corrected chi connectivity index (χ3v) is 6.51. The second-order valence-electron chi connectivity index (χ2n) is 8.03. The predicted octanol–water partition coefficient (Wildman–Crippen LogP) is 3.46. The van der Waals surface area contributed by atoms with Crippen LogP contribution >= 0.6 is 11.6 Å². The van der Waals surface area contributed by atoms with Crippen molar-refractivity contribution in [1.29, 1.82) is 0 Å². The number of aromatic nitrogens is 1. The molecule has 0 atom stereocenters. The first-order valence-corrected chi connectivity index (χ1v) is 9.35. The van der Waals surface area contributed by atoms with E-state index >= 15 is 0 Å². The van der Waals surface area contributed by atoms with E-state index < -0.39 is 34.8 Å². The van der Waals surface area contributed by atoms with Gasteiger partial charge in [0.25, 0.3) is 5.56 Å². The molecule has 4 aliphatic carbocycles. The monoisotopic (exact) mass is 388 g/mol. The molecule has 1 aromatic heterocycles. The van der Waals surface area contributed by atoms with E-state index in [4.69, 9.17) is 11.6 Å². The smallest absolute Gasteiger partial charge is 0.351 e. The summed E-state index contributed by atoms with van der Waals surface area (Å²) in [6, 6.07) is 0.670. The highest BCUT2D eigenvalue weighted by Crippen LogP contribution is 2.53. The third kappa shape index (κ3) is 3.26. The van der Waals surface area contributed by atoms with Crippen LogP contribution in [-0.2, 0) is 17.5 Å². The third-order valence-electron chi connectivity index (χ3n) is 6.24. The van der Waals surface area contributed by atoms with E-state index in [2.05, 4.69) is 5.32 Å². The summed E-state index contributed by atoms with van der Waals surface area (Å²) in [5.41, 5.74) is -1.83. The van der Waals surface area contributed by atoms with Crippen molar-refractivity contribution in [3.63, 3.8) is 0 Å². The summed E-state index contributed by atoms with van der Waals surface area (Å²) in [7, 11) is 0. The molecule has 0 unspecified atom stereocenters. The molecule has 0 saturated heterocycles. The number of hydrogen-bond donors (Lipinski definition) is 1. The van der Waals surface area contributed by atoms with E-state index in [-0.39, 0.29) is 6.04 Å². The molecule has 5 rings (SSSR count). The molecule has 142 valence electrons. The second-order valence-corrected chi connectivity index (χ2v) is 8.44. The molecular weight excluding hydrogens is 369 g/mol. The van der Waals surface area contributed by atoms with E-state index in [9.17, 15) is 22.8 Å². The van der Waals surface area contributed by atoms with Gasteiger partial charge < -0.3 is 9.88 Å². The Morgan fingerprint density at radius 1 is 1.15 bits per heavy atom. The number of carbonyl (C=O) groups excluding carboxylic acids is 1. The number of nitrogens with one attached hydrogen (secondary N) is 1. The van der Waals surface area contributed by atoms with E-state index in [1.807, 2.05) is 0 Å². The molecule has 0 radical (unpaired) electrons. The van der Waals surface area contributed by atoms with Crippen molar-refractivity contribution in [3.05, 3.63) is 33.2 Å². The van der Waals surface area contributed by atoms with Crippen molar-refractivity contribution in [2.24, 2.45) is 23.7 Å². The van der Waals surface area contributed by atoms with Gasteiger partial charge in [-0.05, 0) is 61.8 Å². The number of pyridine rings is 1. The van der Waals surface area contributed by atoms with Crippen LogP contribution in [0.3, 0.4) is 0 Å². The molecule has 8 heteroatoms. The zero-order valence-electron chi connectivity index (χ0n) is 14.1. The minimum atomic E-state index is -4.63. The van der Waals surface area contributed by atoms with Gasteiger partial charge in [0.1, 0.15) is 11.6 Å². The Kier molecular flexibility index (Phi) is 4.33. The van der Waals surface area contributed by atoms with Crippen molar-refractivity contribution >= 4 is 17.5 Å². The summed E-state index contributed by atoms with van der Waals surface area (Å²) in [4.78, 5) is 24.4. The van der Waals surface area contributed by atoms with Gasteiger partial charge in [-0.15, -0.1) is 0 Å². The van der Waals surface area contributed by atoms with Crippen molar-refractivity contribution in [3.8, 4) is 0 Å². The van der Waals surface area contributed by atoms with E-state index in [0.29, 0.717) is 24.1 Å². The number of amides is 1. The van der Waals surface area contributed by atoms with Gasteiger partial charge in [0.15, 0.2) is 0 Å². The van der Waals surface area contributed by atoms with Gasteiger partial charge >= 0.3 is 6.18 Å². The van der Waals surface area contributed by atoms with Gasteiger partial charge in [-0.1, -0.05) is 11.6 Å². The molecule has 26 heavy (non-hydrogen) atoms. The molecule has 0 aromatic carbocycles. The molecule has 1 N–H and O–H groups in total. The van der Waals surface area contributed by atoms with Crippen LogP contribution in [0.4, 0.5) is 13.2 Å². The lowest BCUT2D eigenvalue weighted by Crippen LogP contribution is -2.56. The van der Waals surface area contributed by atoms with E-state index in [1.54, 1.807) is 0 Å². The van der Waals surface area contributed by atoms with Crippen LogP contribution in [0.25, 0.3) is 0 Å². The molecule has 4 aliphatic rings. The predicted molar refractivity (Wildman–Crippen MR) is 89.7 cm³/mol. The second kappa shape index (κ2) is 6.29. The maximum absolute atomic E-state index is 12.9. The largest absolute Gasteiger partial charge is 0.417 e. The van der Waals surface area contributed by atoms with Gasteiger partial charge in [0.05, 0.1) is 5.56 Å². The van der Waals surface area contributed by atoms with E-state index in [1.165, 1.54) is 6.42 Å².